The van der Waals surface area contributed by atoms with E-state index in [2.05, 4.69) is 17.1 Å². The molecule has 1 heterocycles. The maximum atomic E-state index is 11.4. The van der Waals surface area contributed by atoms with Gasteiger partial charge in [-0.25, -0.2) is 0 Å². The number of primary amides is 1. The molecule has 4 heteroatoms. The van der Waals surface area contributed by atoms with Crippen molar-refractivity contribution in [2.45, 2.75) is 51.5 Å². The molecule has 17 heavy (non-hydrogen) atoms. The standard InChI is InChI=1S/C13H27N3O/c1-2-8-15-12(13(14)17)11-16-9-6-4-3-5-7-10-16/h12,15H,2-11H2,1H3,(H2,14,17). The van der Waals surface area contributed by atoms with Crippen LogP contribution in [0.2, 0.25) is 0 Å². The van der Waals surface area contributed by atoms with Crippen LogP contribution in [0.25, 0.3) is 0 Å². The number of hydrogen-bond donors (Lipinski definition) is 2. The number of amides is 1. The fraction of sp³-hybridized carbons (Fsp3) is 0.923. The topological polar surface area (TPSA) is 58.4 Å². The molecule has 100 valence electrons. The summed E-state index contributed by atoms with van der Waals surface area (Å²) in [6.07, 6.45) is 7.53. The molecule has 1 atom stereocenters. The number of carbonyl (C=O) groups is 1. The molecule has 0 aliphatic carbocycles. The fourth-order valence-corrected chi connectivity index (χ4v) is 2.33. The van der Waals surface area contributed by atoms with Gasteiger partial charge in [0, 0.05) is 6.54 Å². The molecule has 1 aliphatic heterocycles. The number of likely N-dealkylation sites (tertiary alicyclic amines) is 1. The molecule has 1 saturated heterocycles. The van der Waals surface area contributed by atoms with Gasteiger partial charge in [-0.2, -0.15) is 0 Å². The number of hydrogen-bond acceptors (Lipinski definition) is 3. The van der Waals surface area contributed by atoms with Crippen LogP contribution in [-0.2, 0) is 4.79 Å². The van der Waals surface area contributed by atoms with E-state index in [0.717, 1.165) is 32.6 Å². The highest BCUT2D eigenvalue weighted by Gasteiger charge is 2.18. The van der Waals surface area contributed by atoms with E-state index in [1.807, 2.05) is 0 Å². The Hall–Kier alpha value is -0.610. The Morgan fingerprint density at radius 3 is 2.35 bits per heavy atom. The molecule has 0 saturated carbocycles. The van der Waals surface area contributed by atoms with Crippen LogP contribution in [0.5, 0.6) is 0 Å². The van der Waals surface area contributed by atoms with Crippen LogP contribution in [0.4, 0.5) is 0 Å². The third kappa shape index (κ3) is 6.03. The second kappa shape index (κ2) is 8.48. The summed E-state index contributed by atoms with van der Waals surface area (Å²) in [5, 5.41) is 3.24. The normalized spacial score (nSPS) is 20.5. The Kier molecular flexibility index (Phi) is 7.21. The lowest BCUT2D eigenvalue weighted by molar-refractivity contribution is -0.120. The maximum absolute atomic E-state index is 11.4. The van der Waals surface area contributed by atoms with Crippen LogP contribution in [0, 0.1) is 0 Å². The van der Waals surface area contributed by atoms with Crippen molar-refractivity contribution in [1.29, 1.82) is 0 Å². The zero-order valence-electron chi connectivity index (χ0n) is 11.1. The molecule has 4 nitrogen and oxygen atoms in total. The molecule has 0 aromatic heterocycles. The van der Waals surface area contributed by atoms with E-state index in [0.29, 0.717) is 0 Å². The van der Waals surface area contributed by atoms with E-state index in [1.165, 1.54) is 32.1 Å². The van der Waals surface area contributed by atoms with Crippen molar-refractivity contribution >= 4 is 5.91 Å². The molecule has 1 fully saturated rings. The van der Waals surface area contributed by atoms with Crippen molar-refractivity contribution in [3.63, 3.8) is 0 Å². The lowest BCUT2D eigenvalue weighted by Crippen LogP contribution is -2.49. The predicted molar refractivity (Wildman–Crippen MR) is 70.8 cm³/mol. The zero-order valence-corrected chi connectivity index (χ0v) is 11.1. The van der Waals surface area contributed by atoms with Crippen LogP contribution in [0.15, 0.2) is 0 Å². The fourth-order valence-electron chi connectivity index (χ4n) is 2.33. The largest absolute Gasteiger partial charge is 0.368 e. The zero-order chi connectivity index (χ0) is 12.5. The van der Waals surface area contributed by atoms with Gasteiger partial charge in [0.05, 0.1) is 6.04 Å². The number of rotatable bonds is 6. The number of nitrogens with one attached hydrogen (secondary N) is 1. The highest BCUT2D eigenvalue weighted by molar-refractivity contribution is 5.80. The Morgan fingerprint density at radius 1 is 1.24 bits per heavy atom. The summed E-state index contributed by atoms with van der Waals surface area (Å²) in [5.41, 5.74) is 5.44. The van der Waals surface area contributed by atoms with E-state index in [4.69, 9.17) is 5.73 Å². The molecule has 1 unspecified atom stereocenters. The number of nitrogens with two attached hydrogens (primary N) is 1. The first-order chi connectivity index (χ1) is 8.24. The van der Waals surface area contributed by atoms with Crippen molar-refractivity contribution in [3.8, 4) is 0 Å². The second-order valence-corrected chi connectivity index (χ2v) is 4.98. The lowest BCUT2D eigenvalue weighted by Gasteiger charge is -2.28. The van der Waals surface area contributed by atoms with Crippen LogP contribution >= 0.6 is 0 Å². The van der Waals surface area contributed by atoms with E-state index < -0.39 is 0 Å². The van der Waals surface area contributed by atoms with Gasteiger partial charge in [-0.1, -0.05) is 26.2 Å². The van der Waals surface area contributed by atoms with Gasteiger partial charge in [-0.05, 0) is 38.9 Å². The second-order valence-electron chi connectivity index (χ2n) is 4.98. The molecular weight excluding hydrogens is 214 g/mol. The van der Waals surface area contributed by atoms with Gasteiger partial charge in [-0.3, -0.25) is 4.79 Å². The monoisotopic (exact) mass is 241 g/mol. The third-order valence-corrected chi connectivity index (χ3v) is 3.37. The molecular formula is C13H27N3O. The summed E-state index contributed by atoms with van der Waals surface area (Å²) < 4.78 is 0. The lowest BCUT2D eigenvalue weighted by atomic mass is 10.1. The van der Waals surface area contributed by atoms with E-state index >= 15 is 0 Å². The molecule has 0 radical (unpaired) electrons. The van der Waals surface area contributed by atoms with Gasteiger partial charge in [0.15, 0.2) is 0 Å². The summed E-state index contributed by atoms with van der Waals surface area (Å²) in [6.45, 7) is 5.95. The number of nitrogens with zero attached hydrogens (tertiary/aromatic N) is 1. The Bertz CT molecular complexity index is 213. The summed E-state index contributed by atoms with van der Waals surface area (Å²) in [6, 6.07) is -0.186. The van der Waals surface area contributed by atoms with Crippen LogP contribution < -0.4 is 11.1 Å². The molecule has 0 aromatic carbocycles. The summed E-state index contributed by atoms with van der Waals surface area (Å²) in [4.78, 5) is 13.8. The smallest absolute Gasteiger partial charge is 0.235 e. The third-order valence-electron chi connectivity index (χ3n) is 3.37. The molecule has 1 aliphatic rings. The molecule has 1 rings (SSSR count). The van der Waals surface area contributed by atoms with Crippen molar-refractivity contribution in [1.82, 2.24) is 10.2 Å². The van der Waals surface area contributed by atoms with Crippen LogP contribution in [0.1, 0.15) is 45.4 Å². The Morgan fingerprint density at radius 2 is 1.82 bits per heavy atom. The van der Waals surface area contributed by atoms with Gasteiger partial charge in [0.25, 0.3) is 0 Å². The highest BCUT2D eigenvalue weighted by Crippen LogP contribution is 2.10. The van der Waals surface area contributed by atoms with Gasteiger partial charge in [0.2, 0.25) is 5.91 Å². The first kappa shape index (κ1) is 14.5. The minimum Gasteiger partial charge on any atom is -0.368 e. The highest BCUT2D eigenvalue weighted by atomic mass is 16.1. The van der Waals surface area contributed by atoms with Gasteiger partial charge in [-0.15, -0.1) is 0 Å². The van der Waals surface area contributed by atoms with E-state index in [1.54, 1.807) is 0 Å². The average molecular weight is 241 g/mol. The SMILES string of the molecule is CCCNC(CN1CCCCCCC1)C(N)=O. The van der Waals surface area contributed by atoms with Gasteiger partial charge >= 0.3 is 0 Å². The first-order valence-corrected chi connectivity index (χ1v) is 6.99. The Balaban J connectivity index is 2.37. The predicted octanol–water partition coefficient (Wildman–Crippen LogP) is 1.11. The molecule has 0 spiro atoms. The Labute approximate surface area is 105 Å². The van der Waals surface area contributed by atoms with E-state index in [9.17, 15) is 4.79 Å². The van der Waals surface area contributed by atoms with Crippen molar-refractivity contribution in [2.24, 2.45) is 5.73 Å². The van der Waals surface area contributed by atoms with Crippen molar-refractivity contribution in [3.05, 3.63) is 0 Å². The van der Waals surface area contributed by atoms with Gasteiger partial charge in [0.1, 0.15) is 0 Å². The first-order valence-electron chi connectivity index (χ1n) is 6.99. The summed E-state index contributed by atoms with van der Waals surface area (Å²) in [7, 11) is 0. The van der Waals surface area contributed by atoms with Gasteiger partial charge < -0.3 is 16.0 Å². The maximum Gasteiger partial charge on any atom is 0.235 e. The summed E-state index contributed by atoms with van der Waals surface area (Å²) in [5.74, 6) is -0.222. The minimum absolute atomic E-state index is 0.186. The molecule has 0 aromatic rings. The molecule has 1 amide bonds. The van der Waals surface area contributed by atoms with Crippen LogP contribution in [-0.4, -0.2) is 43.0 Å². The molecule has 3 N–H and O–H groups in total. The summed E-state index contributed by atoms with van der Waals surface area (Å²) >= 11 is 0. The quantitative estimate of drug-likeness (QED) is 0.732. The minimum atomic E-state index is -0.222. The number of carbonyl (C=O) groups excluding carboxylic acids is 1. The van der Waals surface area contributed by atoms with Crippen molar-refractivity contribution < 1.29 is 4.79 Å². The average Bonchev–Trinajstić information content (AvgIpc) is 2.26. The van der Waals surface area contributed by atoms with Crippen molar-refractivity contribution in [2.75, 3.05) is 26.2 Å². The van der Waals surface area contributed by atoms with E-state index in [-0.39, 0.29) is 11.9 Å². The molecule has 0 bridgehead atoms. The van der Waals surface area contributed by atoms with Crippen LogP contribution in [0.3, 0.4) is 0 Å².